The van der Waals surface area contributed by atoms with Crippen LogP contribution in [0.15, 0.2) is 46.9 Å². The summed E-state index contributed by atoms with van der Waals surface area (Å²) in [6, 6.07) is 14.0. The zero-order chi connectivity index (χ0) is 13.4. The number of halogens is 2. The minimum Gasteiger partial charge on any atom is -0.354 e. The fraction of sp³-hybridized carbons (Fsp3) is 0. The lowest BCUT2D eigenvalue weighted by Gasteiger charge is -2.00. The molecule has 0 aliphatic heterocycles. The molecule has 94 valence electrons. The van der Waals surface area contributed by atoms with Crippen molar-refractivity contribution in [3.8, 4) is 11.3 Å². The highest BCUT2D eigenvalue weighted by Crippen LogP contribution is 2.31. The Morgan fingerprint density at radius 2 is 1.84 bits per heavy atom. The lowest BCUT2D eigenvalue weighted by Crippen LogP contribution is -1.84. The van der Waals surface area contributed by atoms with Crippen LogP contribution in [0, 0.1) is 3.57 Å². The summed E-state index contributed by atoms with van der Waals surface area (Å²) in [7, 11) is 0. The van der Waals surface area contributed by atoms with Crippen molar-refractivity contribution in [1.29, 1.82) is 0 Å². The number of hydrogen-bond donors (Lipinski definition) is 1. The van der Waals surface area contributed by atoms with Gasteiger partial charge in [0.05, 0.1) is 5.69 Å². The number of carbonyl (C=O) groups excluding carboxylic acids is 1. The van der Waals surface area contributed by atoms with Gasteiger partial charge in [-0.2, -0.15) is 0 Å². The van der Waals surface area contributed by atoms with Gasteiger partial charge in [0.25, 0.3) is 0 Å². The minimum absolute atomic E-state index is 0.706. The highest BCUT2D eigenvalue weighted by atomic mass is 127. The standard InChI is InChI=1S/C15H9BrINO/c16-10-3-6-14-12(7-10)13(8-19)15(18-14)9-1-4-11(17)5-2-9/h1-8,18H. The molecule has 4 heteroatoms. The molecule has 2 aromatic carbocycles. The largest absolute Gasteiger partial charge is 0.354 e. The van der Waals surface area contributed by atoms with Gasteiger partial charge in [0.2, 0.25) is 0 Å². The first-order valence-corrected chi connectivity index (χ1v) is 7.58. The van der Waals surface area contributed by atoms with Gasteiger partial charge in [-0.3, -0.25) is 4.79 Å². The van der Waals surface area contributed by atoms with Crippen LogP contribution in [-0.2, 0) is 0 Å². The van der Waals surface area contributed by atoms with E-state index in [4.69, 9.17) is 0 Å². The van der Waals surface area contributed by atoms with Gasteiger partial charge in [0.1, 0.15) is 0 Å². The Morgan fingerprint density at radius 1 is 1.11 bits per heavy atom. The van der Waals surface area contributed by atoms with E-state index in [0.29, 0.717) is 5.56 Å². The SMILES string of the molecule is O=Cc1c(-c2ccc(I)cc2)[nH]c2ccc(Br)cc12. The normalized spacial score (nSPS) is 10.8. The summed E-state index contributed by atoms with van der Waals surface area (Å²) >= 11 is 5.71. The third kappa shape index (κ3) is 2.34. The highest BCUT2D eigenvalue weighted by Gasteiger charge is 2.12. The van der Waals surface area contributed by atoms with Gasteiger partial charge in [0, 0.05) is 24.5 Å². The lowest BCUT2D eigenvalue weighted by molar-refractivity contribution is 0.112. The topological polar surface area (TPSA) is 32.9 Å². The maximum absolute atomic E-state index is 11.4. The first-order chi connectivity index (χ1) is 9.19. The smallest absolute Gasteiger partial charge is 0.152 e. The molecule has 2 nitrogen and oxygen atoms in total. The first kappa shape index (κ1) is 12.9. The molecule has 0 saturated heterocycles. The van der Waals surface area contributed by atoms with Crippen molar-refractivity contribution >= 4 is 55.7 Å². The van der Waals surface area contributed by atoms with Crippen molar-refractivity contribution in [3.05, 3.63) is 56.1 Å². The van der Waals surface area contributed by atoms with Crippen LogP contribution in [0.2, 0.25) is 0 Å². The van der Waals surface area contributed by atoms with E-state index in [9.17, 15) is 4.79 Å². The number of fused-ring (bicyclic) bond motifs is 1. The molecule has 0 aliphatic carbocycles. The zero-order valence-corrected chi connectivity index (χ0v) is 13.5. The third-order valence-electron chi connectivity index (χ3n) is 3.05. The Labute approximate surface area is 132 Å². The predicted octanol–water partition coefficient (Wildman–Crippen LogP) is 5.01. The summed E-state index contributed by atoms with van der Waals surface area (Å²) in [6.45, 7) is 0. The Hall–Kier alpha value is -1.14. The second-order valence-corrected chi connectivity index (χ2v) is 6.39. The van der Waals surface area contributed by atoms with Gasteiger partial charge in [-0.15, -0.1) is 0 Å². The van der Waals surface area contributed by atoms with Crippen LogP contribution in [-0.4, -0.2) is 11.3 Å². The lowest BCUT2D eigenvalue weighted by atomic mass is 10.1. The van der Waals surface area contributed by atoms with E-state index in [1.165, 1.54) is 3.57 Å². The van der Waals surface area contributed by atoms with Crippen molar-refractivity contribution in [1.82, 2.24) is 4.98 Å². The van der Waals surface area contributed by atoms with Crippen LogP contribution in [0.4, 0.5) is 0 Å². The molecular weight excluding hydrogens is 417 g/mol. The molecule has 0 unspecified atom stereocenters. The molecule has 19 heavy (non-hydrogen) atoms. The Morgan fingerprint density at radius 3 is 2.53 bits per heavy atom. The van der Waals surface area contributed by atoms with E-state index < -0.39 is 0 Å². The van der Waals surface area contributed by atoms with Crippen LogP contribution in [0.5, 0.6) is 0 Å². The molecule has 1 heterocycles. The molecule has 0 spiro atoms. The summed E-state index contributed by atoms with van der Waals surface area (Å²) in [5.74, 6) is 0. The van der Waals surface area contributed by atoms with Gasteiger partial charge in [0.15, 0.2) is 6.29 Å². The van der Waals surface area contributed by atoms with Crippen LogP contribution in [0.25, 0.3) is 22.2 Å². The van der Waals surface area contributed by atoms with Crippen molar-refractivity contribution in [2.45, 2.75) is 0 Å². The van der Waals surface area contributed by atoms with E-state index in [2.05, 4.69) is 43.5 Å². The number of aldehydes is 1. The zero-order valence-electron chi connectivity index (χ0n) is 9.78. The molecule has 0 aliphatic rings. The van der Waals surface area contributed by atoms with E-state index in [-0.39, 0.29) is 0 Å². The number of nitrogens with one attached hydrogen (secondary N) is 1. The van der Waals surface area contributed by atoms with Crippen molar-refractivity contribution in [2.24, 2.45) is 0 Å². The summed E-state index contributed by atoms with van der Waals surface area (Å²) < 4.78 is 2.14. The number of aromatic nitrogens is 1. The van der Waals surface area contributed by atoms with E-state index in [0.717, 1.165) is 32.9 Å². The molecule has 0 bridgehead atoms. The van der Waals surface area contributed by atoms with Gasteiger partial charge in [-0.25, -0.2) is 0 Å². The second kappa shape index (κ2) is 5.09. The number of benzene rings is 2. The number of aromatic amines is 1. The maximum atomic E-state index is 11.4. The van der Waals surface area contributed by atoms with Crippen LogP contribution < -0.4 is 0 Å². The maximum Gasteiger partial charge on any atom is 0.152 e. The first-order valence-electron chi connectivity index (χ1n) is 5.71. The van der Waals surface area contributed by atoms with Gasteiger partial charge >= 0.3 is 0 Å². The second-order valence-electron chi connectivity index (χ2n) is 4.23. The monoisotopic (exact) mass is 425 g/mol. The van der Waals surface area contributed by atoms with E-state index >= 15 is 0 Å². The number of carbonyl (C=O) groups is 1. The Balaban J connectivity index is 2.28. The van der Waals surface area contributed by atoms with Gasteiger partial charge in [-0.1, -0.05) is 28.1 Å². The molecule has 0 fully saturated rings. The number of hydrogen-bond acceptors (Lipinski definition) is 1. The third-order valence-corrected chi connectivity index (χ3v) is 4.26. The number of H-pyrrole nitrogens is 1. The molecule has 0 radical (unpaired) electrons. The molecule has 3 rings (SSSR count). The summed E-state index contributed by atoms with van der Waals surface area (Å²) in [5, 5.41) is 0.943. The Bertz CT molecular complexity index is 762. The van der Waals surface area contributed by atoms with Crippen molar-refractivity contribution in [2.75, 3.05) is 0 Å². The summed E-state index contributed by atoms with van der Waals surface area (Å²) in [6.07, 6.45) is 0.915. The van der Waals surface area contributed by atoms with Crippen molar-refractivity contribution < 1.29 is 4.79 Å². The molecule has 0 saturated carbocycles. The molecule has 1 N–H and O–H groups in total. The van der Waals surface area contributed by atoms with Gasteiger partial charge in [-0.05, 0) is 58.5 Å². The van der Waals surface area contributed by atoms with Crippen LogP contribution >= 0.6 is 38.5 Å². The van der Waals surface area contributed by atoms with E-state index in [1.807, 2.05) is 42.5 Å². The predicted molar refractivity (Wildman–Crippen MR) is 89.5 cm³/mol. The quantitative estimate of drug-likeness (QED) is 0.454. The average molecular weight is 426 g/mol. The molecular formula is C15H9BrINO. The van der Waals surface area contributed by atoms with Crippen LogP contribution in [0.3, 0.4) is 0 Å². The van der Waals surface area contributed by atoms with Crippen LogP contribution in [0.1, 0.15) is 10.4 Å². The van der Waals surface area contributed by atoms with E-state index in [1.54, 1.807) is 0 Å². The summed E-state index contributed by atoms with van der Waals surface area (Å²) in [5.41, 5.74) is 3.57. The average Bonchev–Trinajstić information content (AvgIpc) is 2.77. The molecule has 0 amide bonds. The number of rotatable bonds is 2. The minimum atomic E-state index is 0.706. The van der Waals surface area contributed by atoms with Gasteiger partial charge < -0.3 is 4.98 Å². The fourth-order valence-corrected chi connectivity index (χ4v) is 2.87. The molecule has 3 aromatic rings. The molecule has 1 aromatic heterocycles. The molecule has 0 atom stereocenters. The fourth-order valence-electron chi connectivity index (χ4n) is 2.15. The highest BCUT2D eigenvalue weighted by molar-refractivity contribution is 14.1. The Kier molecular flexibility index (Phi) is 3.45. The summed E-state index contributed by atoms with van der Waals surface area (Å²) in [4.78, 5) is 14.7. The van der Waals surface area contributed by atoms with Crippen molar-refractivity contribution in [3.63, 3.8) is 0 Å².